The summed E-state index contributed by atoms with van der Waals surface area (Å²) in [6.45, 7) is 1.10. The molecule has 2 N–H and O–H groups in total. The van der Waals surface area contributed by atoms with Gasteiger partial charge in [-0.15, -0.1) is 5.10 Å². The van der Waals surface area contributed by atoms with Gasteiger partial charge in [0.15, 0.2) is 0 Å². The van der Waals surface area contributed by atoms with Gasteiger partial charge in [0.05, 0.1) is 11.9 Å². The Morgan fingerprint density at radius 2 is 1.88 bits per heavy atom. The highest BCUT2D eigenvalue weighted by Gasteiger charge is 2.24. The van der Waals surface area contributed by atoms with Crippen LogP contribution < -0.4 is 5.73 Å². The average Bonchev–Trinajstić information content (AvgIpc) is 3.09. The predicted molar refractivity (Wildman–Crippen MR) is 88.9 cm³/mol. The first-order valence-corrected chi connectivity index (χ1v) is 7.87. The minimum absolute atomic E-state index is 0.0906. The number of hydrogen-bond donors (Lipinski definition) is 1. The summed E-state index contributed by atoms with van der Waals surface area (Å²) in [5.41, 5.74) is 6.77. The minimum atomic E-state index is -0.282. The number of nitrogens with two attached hydrogens (primary N) is 1. The van der Waals surface area contributed by atoms with Crippen LogP contribution in [0.15, 0.2) is 42.6 Å². The van der Waals surface area contributed by atoms with Gasteiger partial charge in [-0.05, 0) is 31.1 Å². The molecule has 2 amide bonds. The van der Waals surface area contributed by atoms with Crippen molar-refractivity contribution < 1.29 is 9.59 Å². The van der Waals surface area contributed by atoms with Gasteiger partial charge < -0.3 is 10.6 Å². The first-order chi connectivity index (χ1) is 11.6. The zero-order valence-electron chi connectivity index (χ0n) is 13.2. The van der Waals surface area contributed by atoms with Gasteiger partial charge >= 0.3 is 0 Å². The number of hydrogen-bond acceptors (Lipinski definition) is 4. The van der Waals surface area contributed by atoms with Gasteiger partial charge in [0, 0.05) is 25.1 Å². The summed E-state index contributed by atoms with van der Waals surface area (Å²) < 4.78 is 0. The molecular formula is C17H19N5O2. The summed E-state index contributed by atoms with van der Waals surface area (Å²) in [7, 11) is 0. The molecular weight excluding hydrogens is 306 g/mol. The lowest BCUT2D eigenvalue weighted by Gasteiger charge is -2.29. The lowest BCUT2D eigenvalue weighted by molar-refractivity contribution is -0.130. The largest absolute Gasteiger partial charge is 0.369 e. The van der Waals surface area contributed by atoms with E-state index in [2.05, 4.69) is 10.2 Å². The van der Waals surface area contributed by atoms with Crippen molar-refractivity contribution in [1.29, 1.82) is 0 Å². The van der Waals surface area contributed by atoms with Crippen molar-refractivity contribution in [1.82, 2.24) is 19.9 Å². The SMILES string of the molecule is NC(=O)C1CCN(C(=O)/C=C\c2cnn(-c3ccccc3)n2)CC1. The van der Waals surface area contributed by atoms with E-state index >= 15 is 0 Å². The molecule has 2 aromatic rings. The average molecular weight is 325 g/mol. The van der Waals surface area contributed by atoms with Gasteiger partial charge in [-0.1, -0.05) is 18.2 Å². The Hall–Kier alpha value is -2.96. The maximum Gasteiger partial charge on any atom is 0.246 e. The molecule has 1 aromatic carbocycles. The molecule has 124 valence electrons. The molecule has 0 atom stereocenters. The normalized spacial score (nSPS) is 15.8. The minimum Gasteiger partial charge on any atom is -0.369 e. The molecule has 7 nitrogen and oxygen atoms in total. The Bertz CT molecular complexity index is 745. The number of primary amides is 1. The van der Waals surface area contributed by atoms with Gasteiger partial charge in [0.25, 0.3) is 0 Å². The highest BCUT2D eigenvalue weighted by atomic mass is 16.2. The molecule has 1 saturated heterocycles. The zero-order chi connectivity index (χ0) is 16.9. The van der Waals surface area contributed by atoms with Gasteiger partial charge in [0.1, 0.15) is 5.69 Å². The molecule has 3 rings (SSSR count). The van der Waals surface area contributed by atoms with Crippen LogP contribution in [0.5, 0.6) is 0 Å². The van der Waals surface area contributed by atoms with E-state index in [9.17, 15) is 9.59 Å². The molecule has 1 aliphatic heterocycles. The monoisotopic (exact) mass is 325 g/mol. The second-order valence-corrected chi connectivity index (χ2v) is 5.73. The molecule has 2 heterocycles. The van der Waals surface area contributed by atoms with Gasteiger partial charge in [-0.3, -0.25) is 9.59 Å². The van der Waals surface area contributed by atoms with Crippen molar-refractivity contribution in [2.45, 2.75) is 12.8 Å². The summed E-state index contributed by atoms with van der Waals surface area (Å²) in [5.74, 6) is -0.494. The summed E-state index contributed by atoms with van der Waals surface area (Å²) >= 11 is 0. The van der Waals surface area contributed by atoms with Crippen LogP contribution >= 0.6 is 0 Å². The van der Waals surface area contributed by atoms with E-state index in [0.29, 0.717) is 31.6 Å². The number of benzene rings is 1. The molecule has 1 fully saturated rings. The third-order valence-corrected chi connectivity index (χ3v) is 4.10. The van der Waals surface area contributed by atoms with Crippen molar-refractivity contribution in [3.63, 3.8) is 0 Å². The van der Waals surface area contributed by atoms with Crippen molar-refractivity contribution in [3.05, 3.63) is 48.3 Å². The van der Waals surface area contributed by atoms with Crippen LogP contribution in [0.25, 0.3) is 11.8 Å². The van der Waals surface area contributed by atoms with Crippen LogP contribution in [0.1, 0.15) is 18.5 Å². The third-order valence-electron chi connectivity index (χ3n) is 4.10. The highest BCUT2D eigenvalue weighted by Crippen LogP contribution is 2.17. The second kappa shape index (κ2) is 7.08. The zero-order valence-corrected chi connectivity index (χ0v) is 13.2. The fourth-order valence-corrected chi connectivity index (χ4v) is 2.68. The third kappa shape index (κ3) is 3.68. The summed E-state index contributed by atoms with van der Waals surface area (Å²) in [4.78, 5) is 26.6. The van der Waals surface area contributed by atoms with E-state index in [1.807, 2.05) is 30.3 Å². The Balaban J connectivity index is 1.59. The number of carbonyl (C=O) groups is 2. The van der Waals surface area contributed by atoms with Crippen LogP contribution in [-0.4, -0.2) is 44.8 Å². The van der Waals surface area contributed by atoms with Crippen molar-refractivity contribution >= 4 is 17.9 Å². The standard InChI is InChI=1S/C17H19N5O2/c18-17(24)13-8-10-21(11-9-13)16(23)7-6-14-12-19-22(20-14)15-4-2-1-3-5-15/h1-7,12-13H,8-11H2,(H2,18,24)/b7-6-. The fourth-order valence-electron chi connectivity index (χ4n) is 2.68. The topological polar surface area (TPSA) is 94.1 Å². The molecule has 0 saturated carbocycles. The molecule has 7 heteroatoms. The van der Waals surface area contributed by atoms with Crippen LogP contribution in [0.4, 0.5) is 0 Å². The molecule has 0 unspecified atom stereocenters. The smallest absolute Gasteiger partial charge is 0.246 e. The molecule has 0 bridgehead atoms. The van der Waals surface area contributed by atoms with Crippen LogP contribution in [-0.2, 0) is 9.59 Å². The van der Waals surface area contributed by atoms with E-state index in [4.69, 9.17) is 5.73 Å². The van der Waals surface area contributed by atoms with E-state index in [1.165, 1.54) is 10.9 Å². The molecule has 0 radical (unpaired) electrons. The summed E-state index contributed by atoms with van der Waals surface area (Å²) in [6.07, 6.45) is 5.99. The number of amides is 2. The fraction of sp³-hybridized carbons (Fsp3) is 0.294. The Kier molecular flexibility index (Phi) is 4.69. The number of likely N-dealkylation sites (tertiary alicyclic amines) is 1. The van der Waals surface area contributed by atoms with E-state index < -0.39 is 0 Å². The number of aromatic nitrogens is 3. The van der Waals surface area contributed by atoms with Gasteiger partial charge in [-0.2, -0.15) is 9.90 Å². The van der Waals surface area contributed by atoms with Gasteiger partial charge in [0.2, 0.25) is 11.8 Å². The highest BCUT2D eigenvalue weighted by molar-refractivity contribution is 5.91. The maximum atomic E-state index is 12.2. The quantitative estimate of drug-likeness (QED) is 0.849. The number of rotatable bonds is 4. The van der Waals surface area contributed by atoms with Crippen molar-refractivity contribution in [3.8, 4) is 5.69 Å². The van der Waals surface area contributed by atoms with E-state index in [0.717, 1.165) is 5.69 Å². The Morgan fingerprint density at radius 3 is 2.54 bits per heavy atom. The van der Waals surface area contributed by atoms with Gasteiger partial charge in [-0.25, -0.2) is 0 Å². The van der Waals surface area contributed by atoms with Crippen molar-refractivity contribution in [2.75, 3.05) is 13.1 Å². The van der Waals surface area contributed by atoms with E-state index in [-0.39, 0.29) is 17.7 Å². The van der Waals surface area contributed by atoms with Crippen LogP contribution in [0.2, 0.25) is 0 Å². The first kappa shape index (κ1) is 15.9. The number of nitrogens with zero attached hydrogens (tertiary/aromatic N) is 4. The van der Waals surface area contributed by atoms with Crippen molar-refractivity contribution in [2.24, 2.45) is 11.7 Å². The molecule has 0 aliphatic carbocycles. The lowest BCUT2D eigenvalue weighted by Crippen LogP contribution is -2.41. The lowest BCUT2D eigenvalue weighted by atomic mass is 9.96. The number of para-hydroxylation sites is 1. The molecule has 1 aliphatic rings. The molecule has 1 aromatic heterocycles. The number of piperidine rings is 1. The second-order valence-electron chi connectivity index (χ2n) is 5.73. The molecule has 24 heavy (non-hydrogen) atoms. The Labute approximate surface area is 139 Å². The summed E-state index contributed by atoms with van der Waals surface area (Å²) in [5, 5.41) is 8.50. The van der Waals surface area contributed by atoms with E-state index in [1.54, 1.807) is 17.2 Å². The first-order valence-electron chi connectivity index (χ1n) is 7.87. The predicted octanol–water partition coefficient (Wildman–Crippen LogP) is 1.00. The van der Waals surface area contributed by atoms with Crippen LogP contribution in [0, 0.1) is 5.92 Å². The summed E-state index contributed by atoms with van der Waals surface area (Å²) in [6, 6.07) is 9.55. The van der Waals surface area contributed by atoms with Crippen LogP contribution in [0.3, 0.4) is 0 Å². The Morgan fingerprint density at radius 1 is 1.17 bits per heavy atom. The number of carbonyl (C=O) groups excluding carboxylic acids is 2. The maximum absolute atomic E-state index is 12.2. The molecule has 0 spiro atoms.